The number of hydrogen-bond acceptors (Lipinski definition) is 3. The molecule has 0 fully saturated rings. The first-order valence-electron chi connectivity index (χ1n) is 5.30. The molecule has 88 valence electrons. The molecule has 1 aliphatic heterocycles. The highest BCUT2D eigenvalue weighted by Gasteiger charge is 2.19. The van der Waals surface area contributed by atoms with Gasteiger partial charge in [-0.15, -0.1) is 0 Å². The average Bonchev–Trinajstić information content (AvgIpc) is 2.65. The molecule has 3 heteroatoms. The Morgan fingerprint density at radius 1 is 1.31 bits per heavy atom. The fourth-order valence-electron chi connectivity index (χ4n) is 1.24. The second-order valence-electron chi connectivity index (χ2n) is 4.33. The van der Waals surface area contributed by atoms with E-state index in [0.29, 0.717) is 0 Å². The maximum atomic E-state index is 5.04. The summed E-state index contributed by atoms with van der Waals surface area (Å²) in [4.78, 5) is 4.02. The lowest BCUT2D eigenvalue weighted by molar-refractivity contribution is 0.287. The molecule has 0 unspecified atom stereocenters. The van der Waals surface area contributed by atoms with E-state index in [1.54, 1.807) is 7.11 Å². The topological polar surface area (TPSA) is 30.8 Å². The van der Waals surface area contributed by atoms with Gasteiger partial charge in [-0.1, -0.05) is 18.2 Å². The van der Waals surface area contributed by atoms with Gasteiger partial charge in [-0.05, 0) is 32.4 Å². The van der Waals surface area contributed by atoms with Gasteiger partial charge in [0.15, 0.2) is 6.40 Å². The number of methoxy groups -OCH3 is 1. The Kier molecular flexibility index (Phi) is 4.35. The van der Waals surface area contributed by atoms with Crippen molar-refractivity contribution in [1.29, 1.82) is 0 Å². The molecular formula is C13H19NO2. The van der Waals surface area contributed by atoms with Gasteiger partial charge in [0, 0.05) is 0 Å². The quantitative estimate of drug-likeness (QED) is 0.730. The van der Waals surface area contributed by atoms with Gasteiger partial charge in [0.25, 0.3) is 0 Å². The van der Waals surface area contributed by atoms with Gasteiger partial charge in [0.1, 0.15) is 12.4 Å². The summed E-state index contributed by atoms with van der Waals surface area (Å²) < 4.78 is 9.91. The smallest absolute Gasteiger partial charge is 0.170 e. The molecule has 0 saturated carbocycles. The summed E-state index contributed by atoms with van der Waals surface area (Å²) in [6.45, 7) is 6.83. The first-order valence-corrected chi connectivity index (χ1v) is 5.30. The third kappa shape index (κ3) is 3.93. The van der Waals surface area contributed by atoms with Crippen LogP contribution >= 0.6 is 0 Å². The maximum absolute atomic E-state index is 5.04. The minimum Gasteiger partial charge on any atom is -0.496 e. The largest absolute Gasteiger partial charge is 0.496 e. The highest BCUT2D eigenvalue weighted by atomic mass is 16.5. The van der Waals surface area contributed by atoms with Crippen LogP contribution in [0.15, 0.2) is 29.3 Å². The number of hydrogen-bond donors (Lipinski definition) is 0. The third-order valence-electron chi connectivity index (χ3n) is 2.23. The van der Waals surface area contributed by atoms with Gasteiger partial charge in [0.05, 0.1) is 12.6 Å². The summed E-state index contributed by atoms with van der Waals surface area (Å²) in [5.41, 5.74) is 1.22. The van der Waals surface area contributed by atoms with Gasteiger partial charge in [-0.25, -0.2) is 4.99 Å². The molecule has 0 bridgehead atoms. The van der Waals surface area contributed by atoms with Crippen molar-refractivity contribution in [2.24, 2.45) is 4.99 Å². The van der Waals surface area contributed by atoms with Crippen LogP contribution in [0.2, 0.25) is 0 Å². The molecule has 2 rings (SSSR count). The highest BCUT2D eigenvalue weighted by Crippen LogP contribution is 2.14. The Bertz CT molecular complexity index is 359. The molecule has 1 aliphatic rings. The predicted octanol–water partition coefficient (Wildman–Crippen LogP) is 2.83. The van der Waals surface area contributed by atoms with E-state index in [0.717, 1.165) is 12.4 Å². The van der Waals surface area contributed by atoms with Crippen LogP contribution in [0.3, 0.4) is 0 Å². The SMILES string of the molecule is CC1(C)COC=N1.COc1ccccc1C. The lowest BCUT2D eigenvalue weighted by Crippen LogP contribution is -2.17. The summed E-state index contributed by atoms with van der Waals surface area (Å²) in [7, 11) is 1.68. The zero-order valence-corrected chi connectivity index (χ0v) is 10.4. The fraction of sp³-hybridized carbons (Fsp3) is 0.462. The van der Waals surface area contributed by atoms with Crippen molar-refractivity contribution in [2.45, 2.75) is 26.3 Å². The summed E-state index contributed by atoms with van der Waals surface area (Å²) >= 11 is 0. The highest BCUT2D eigenvalue weighted by molar-refractivity contribution is 5.49. The van der Waals surface area contributed by atoms with Crippen molar-refractivity contribution < 1.29 is 9.47 Å². The number of nitrogens with zero attached hydrogens (tertiary/aromatic N) is 1. The molecule has 0 radical (unpaired) electrons. The van der Waals surface area contributed by atoms with E-state index in [9.17, 15) is 0 Å². The van der Waals surface area contributed by atoms with Crippen LogP contribution < -0.4 is 4.74 Å². The zero-order valence-electron chi connectivity index (χ0n) is 10.4. The van der Waals surface area contributed by atoms with E-state index < -0.39 is 0 Å². The standard InChI is InChI=1S/C8H10O.C5H9NO/c1-7-5-3-4-6-8(7)9-2;1-5(2)3-7-4-6-5/h3-6H,1-2H3;4H,3H2,1-2H3. The Morgan fingerprint density at radius 2 is 2.00 bits per heavy atom. The van der Waals surface area contributed by atoms with Crippen molar-refractivity contribution in [1.82, 2.24) is 0 Å². The molecule has 0 saturated heterocycles. The van der Waals surface area contributed by atoms with Crippen molar-refractivity contribution >= 4 is 6.40 Å². The number of para-hydroxylation sites is 1. The minimum absolute atomic E-state index is 0.0417. The molecule has 3 nitrogen and oxygen atoms in total. The van der Waals surface area contributed by atoms with Crippen molar-refractivity contribution in [3.63, 3.8) is 0 Å². The van der Waals surface area contributed by atoms with Crippen molar-refractivity contribution in [3.05, 3.63) is 29.8 Å². The minimum atomic E-state index is 0.0417. The monoisotopic (exact) mass is 221 g/mol. The van der Waals surface area contributed by atoms with E-state index in [4.69, 9.17) is 9.47 Å². The summed E-state index contributed by atoms with van der Waals surface area (Å²) in [5.74, 6) is 0.956. The van der Waals surface area contributed by atoms with Gasteiger partial charge in [-0.2, -0.15) is 0 Å². The normalized spacial score (nSPS) is 16.0. The number of ether oxygens (including phenoxy) is 2. The Labute approximate surface area is 97.1 Å². The molecule has 0 aliphatic carbocycles. The molecule has 0 amide bonds. The Hall–Kier alpha value is -1.51. The Morgan fingerprint density at radius 3 is 2.31 bits per heavy atom. The average molecular weight is 221 g/mol. The van der Waals surface area contributed by atoms with Gasteiger partial charge in [0.2, 0.25) is 0 Å². The van der Waals surface area contributed by atoms with Gasteiger partial charge < -0.3 is 9.47 Å². The van der Waals surface area contributed by atoms with Gasteiger partial charge >= 0.3 is 0 Å². The summed E-state index contributed by atoms with van der Waals surface area (Å²) in [5, 5.41) is 0. The number of benzene rings is 1. The van der Waals surface area contributed by atoms with Crippen molar-refractivity contribution in [2.75, 3.05) is 13.7 Å². The van der Waals surface area contributed by atoms with E-state index in [-0.39, 0.29) is 5.54 Å². The van der Waals surface area contributed by atoms with E-state index in [1.807, 2.05) is 45.0 Å². The number of rotatable bonds is 1. The third-order valence-corrected chi connectivity index (χ3v) is 2.23. The second kappa shape index (κ2) is 5.54. The van der Waals surface area contributed by atoms with Gasteiger partial charge in [-0.3, -0.25) is 0 Å². The first kappa shape index (κ1) is 12.6. The van der Waals surface area contributed by atoms with Crippen LogP contribution in [-0.4, -0.2) is 25.7 Å². The van der Waals surface area contributed by atoms with E-state index in [2.05, 4.69) is 4.99 Å². The molecule has 0 N–H and O–H groups in total. The molecule has 0 aromatic heterocycles. The van der Waals surface area contributed by atoms with E-state index in [1.165, 1.54) is 12.0 Å². The molecule has 1 aromatic carbocycles. The zero-order chi connectivity index (χ0) is 12.0. The van der Waals surface area contributed by atoms with Crippen LogP contribution in [0.1, 0.15) is 19.4 Å². The summed E-state index contributed by atoms with van der Waals surface area (Å²) in [6.07, 6.45) is 1.51. The first-order chi connectivity index (χ1) is 7.55. The van der Waals surface area contributed by atoms with E-state index >= 15 is 0 Å². The van der Waals surface area contributed by atoms with Crippen LogP contribution in [0.5, 0.6) is 5.75 Å². The maximum Gasteiger partial charge on any atom is 0.170 e. The second-order valence-corrected chi connectivity index (χ2v) is 4.33. The van der Waals surface area contributed by atoms with Crippen LogP contribution in [0.25, 0.3) is 0 Å². The fourth-order valence-corrected chi connectivity index (χ4v) is 1.24. The molecule has 1 heterocycles. The van der Waals surface area contributed by atoms with Crippen LogP contribution in [0, 0.1) is 6.92 Å². The Balaban J connectivity index is 0.000000165. The van der Waals surface area contributed by atoms with Crippen LogP contribution in [0.4, 0.5) is 0 Å². The van der Waals surface area contributed by atoms with Crippen LogP contribution in [-0.2, 0) is 4.74 Å². The number of aryl methyl sites for hydroxylation is 1. The molecule has 16 heavy (non-hydrogen) atoms. The molecule has 0 atom stereocenters. The lowest BCUT2D eigenvalue weighted by atomic mass is 10.1. The molecular weight excluding hydrogens is 202 g/mol. The summed E-state index contributed by atoms with van der Waals surface area (Å²) in [6, 6.07) is 7.94. The molecule has 0 spiro atoms. The predicted molar refractivity (Wildman–Crippen MR) is 66.3 cm³/mol. The lowest BCUT2D eigenvalue weighted by Gasteiger charge is -2.07. The number of aliphatic imine (C=N–C) groups is 1. The molecule has 1 aromatic rings. The van der Waals surface area contributed by atoms with Crippen molar-refractivity contribution in [3.8, 4) is 5.75 Å².